The van der Waals surface area contributed by atoms with Crippen LogP contribution >= 0.6 is 24.4 Å². The highest BCUT2D eigenvalue weighted by molar-refractivity contribution is 7.80. The number of hydrogen-bond donors (Lipinski definition) is 4. The van der Waals surface area contributed by atoms with E-state index < -0.39 is 0 Å². The molecule has 0 spiro atoms. The van der Waals surface area contributed by atoms with Crippen LogP contribution in [-0.4, -0.2) is 35.9 Å². The van der Waals surface area contributed by atoms with Crippen molar-refractivity contribution in [2.45, 2.75) is 13.1 Å². The van der Waals surface area contributed by atoms with E-state index in [0.717, 1.165) is 33.8 Å². The van der Waals surface area contributed by atoms with Crippen molar-refractivity contribution in [3.63, 3.8) is 0 Å². The fraction of sp³-hybridized carbons (Fsp3) is 0.125. The molecule has 0 aromatic heterocycles. The molecule has 42 heavy (non-hydrogen) atoms. The van der Waals surface area contributed by atoms with Gasteiger partial charge in [-0.3, -0.25) is 10.9 Å². The first-order valence-electron chi connectivity index (χ1n) is 13.2. The van der Waals surface area contributed by atoms with Gasteiger partial charge in [-0.2, -0.15) is 10.2 Å². The third-order valence-corrected chi connectivity index (χ3v) is 6.55. The van der Waals surface area contributed by atoms with E-state index in [9.17, 15) is 0 Å². The van der Waals surface area contributed by atoms with Gasteiger partial charge in [0.05, 0.1) is 14.2 Å². The van der Waals surface area contributed by atoms with Crippen molar-refractivity contribution in [3.05, 3.63) is 131 Å². The Labute approximate surface area is 256 Å². The summed E-state index contributed by atoms with van der Waals surface area (Å²) in [6, 6.07) is 35.1. The van der Waals surface area contributed by atoms with Gasteiger partial charge in [0.25, 0.3) is 0 Å². The molecule has 0 atom stereocenters. The Bertz CT molecular complexity index is 1390. The third-order valence-electron chi connectivity index (χ3n) is 6.08. The van der Waals surface area contributed by atoms with Gasteiger partial charge in [0.2, 0.25) is 0 Å². The number of nitrogens with zero attached hydrogens (tertiary/aromatic N) is 2. The van der Waals surface area contributed by atoms with Gasteiger partial charge < -0.3 is 20.1 Å². The van der Waals surface area contributed by atoms with Crippen molar-refractivity contribution in [3.8, 4) is 11.5 Å². The molecule has 10 heteroatoms. The van der Waals surface area contributed by atoms with Crippen LogP contribution in [-0.2, 0) is 13.1 Å². The van der Waals surface area contributed by atoms with Crippen molar-refractivity contribution in [2.24, 2.45) is 10.2 Å². The van der Waals surface area contributed by atoms with Gasteiger partial charge in [0.1, 0.15) is 22.9 Å². The van der Waals surface area contributed by atoms with Gasteiger partial charge >= 0.3 is 0 Å². The summed E-state index contributed by atoms with van der Waals surface area (Å²) in [6.07, 6.45) is 0. The fourth-order valence-electron chi connectivity index (χ4n) is 3.84. The minimum Gasteiger partial charge on any atom is -0.497 e. The van der Waals surface area contributed by atoms with E-state index in [1.165, 1.54) is 0 Å². The highest BCUT2D eigenvalue weighted by Crippen LogP contribution is 2.13. The molecule has 4 rings (SSSR count). The number of ether oxygens (including phenoxy) is 2. The summed E-state index contributed by atoms with van der Waals surface area (Å²) in [5.74, 6) is 1.60. The quantitative estimate of drug-likeness (QED) is 0.108. The summed E-state index contributed by atoms with van der Waals surface area (Å²) in [7, 11) is 3.29. The Kier molecular flexibility index (Phi) is 11.4. The zero-order valence-corrected chi connectivity index (χ0v) is 25.0. The summed E-state index contributed by atoms with van der Waals surface area (Å²) < 4.78 is 10.5. The highest BCUT2D eigenvalue weighted by atomic mass is 32.1. The van der Waals surface area contributed by atoms with Crippen molar-refractivity contribution < 1.29 is 9.47 Å². The van der Waals surface area contributed by atoms with Gasteiger partial charge in [0.15, 0.2) is 10.2 Å². The van der Waals surface area contributed by atoms with E-state index in [4.69, 9.17) is 44.1 Å². The summed E-state index contributed by atoms with van der Waals surface area (Å²) in [5, 5.41) is 16.5. The second-order valence-electron chi connectivity index (χ2n) is 8.94. The first-order valence-corrected chi connectivity index (χ1v) is 14.0. The van der Waals surface area contributed by atoms with Crippen molar-refractivity contribution >= 4 is 46.1 Å². The van der Waals surface area contributed by atoms with Gasteiger partial charge in [0, 0.05) is 24.2 Å². The van der Waals surface area contributed by atoms with Crippen molar-refractivity contribution in [2.75, 3.05) is 14.2 Å². The molecule has 0 fully saturated rings. The van der Waals surface area contributed by atoms with Crippen LogP contribution in [0.15, 0.2) is 119 Å². The Hall–Kier alpha value is -4.80. The lowest BCUT2D eigenvalue weighted by Gasteiger charge is -2.14. The number of benzene rings is 4. The topological polar surface area (TPSA) is 91.3 Å². The molecule has 0 unspecified atom stereocenters. The lowest BCUT2D eigenvalue weighted by molar-refractivity contribution is 0.414. The Morgan fingerprint density at radius 1 is 0.548 bits per heavy atom. The van der Waals surface area contributed by atoms with E-state index >= 15 is 0 Å². The zero-order valence-electron chi connectivity index (χ0n) is 23.3. The molecule has 214 valence electrons. The minimum atomic E-state index is 0.372. The van der Waals surface area contributed by atoms with E-state index in [1.807, 2.05) is 109 Å². The largest absolute Gasteiger partial charge is 0.497 e. The first kappa shape index (κ1) is 30.2. The second-order valence-corrected chi connectivity index (χ2v) is 9.75. The second kappa shape index (κ2) is 15.8. The Balaban J connectivity index is 1.51. The molecule has 0 bridgehead atoms. The lowest BCUT2D eigenvalue weighted by Crippen LogP contribution is -2.35. The molecule has 4 aromatic rings. The minimum absolute atomic E-state index is 0.372. The molecule has 0 amide bonds. The number of rotatable bonds is 11. The van der Waals surface area contributed by atoms with E-state index in [0.29, 0.717) is 34.7 Å². The average Bonchev–Trinajstić information content (AvgIpc) is 3.05. The average molecular weight is 597 g/mol. The number of methoxy groups -OCH3 is 2. The molecule has 4 N–H and O–H groups in total. The fourth-order valence-corrected chi connectivity index (χ4v) is 4.08. The maximum atomic E-state index is 5.53. The van der Waals surface area contributed by atoms with Gasteiger partial charge in [-0.1, -0.05) is 84.9 Å². The highest BCUT2D eigenvalue weighted by Gasteiger charge is 2.16. The monoisotopic (exact) mass is 596 g/mol. The molecule has 0 saturated heterocycles. The number of hydrazone groups is 2. The molecule has 4 aromatic carbocycles. The zero-order chi connectivity index (χ0) is 29.6. The SMILES string of the molecule is COc1ccc(CNC(=S)NN=C(/C(=N/NC(=S)NCc2ccc(OC)cc2)c2ccccc2)c2ccccc2)cc1. The summed E-state index contributed by atoms with van der Waals surface area (Å²) >= 11 is 11.1. The van der Waals surface area contributed by atoms with E-state index in [-0.39, 0.29) is 0 Å². The number of thiocarbonyl (C=S) groups is 2. The predicted molar refractivity (Wildman–Crippen MR) is 177 cm³/mol. The molecule has 0 aliphatic carbocycles. The molecule has 0 heterocycles. The van der Waals surface area contributed by atoms with Crippen LogP contribution in [0.3, 0.4) is 0 Å². The molecular formula is C32H32N6O2S2. The normalized spacial score (nSPS) is 11.3. The lowest BCUT2D eigenvalue weighted by atomic mass is 10.00. The van der Waals surface area contributed by atoms with Crippen LogP contribution in [0.1, 0.15) is 22.3 Å². The van der Waals surface area contributed by atoms with E-state index in [2.05, 4.69) is 21.5 Å². The molecule has 0 aliphatic heterocycles. The van der Waals surface area contributed by atoms with Crippen LogP contribution < -0.4 is 31.0 Å². The smallest absolute Gasteiger partial charge is 0.187 e. The number of hydrogen-bond acceptors (Lipinski definition) is 6. The van der Waals surface area contributed by atoms with Crippen LogP contribution in [0.25, 0.3) is 0 Å². The maximum Gasteiger partial charge on any atom is 0.187 e. The standard InChI is InChI=1S/C32H32N6O2S2/c1-39-27-17-13-23(14-18-27)21-33-31(41)37-35-29(25-9-5-3-6-10-25)30(26-11-7-4-8-12-26)36-38-32(42)34-22-24-15-19-28(40-2)20-16-24/h3-20H,21-22H2,1-2H3,(H2,33,37,41)(H2,34,38,42)/b35-29+,36-30?. The van der Waals surface area contributed by atoms with Gasteiger partial charge in [-0.15, -0.1) is 0 Å². The van der Waals surface area contributed by atoms with Crippen molar-refractivity contribution in [1.82, 2.24) is 21.5 Å². The van der Waals surface area contributed by atoms with Gasteiger partial charge in [-0.25, -0.2) is 0 Å². The van der Waals surface area contributed by atoms with Crippen LogP contribution in [0.2, 0.25) is 0 Å². The molecule has 0 aliphatic rings. The van der Waals surface area contributed by atoms with Crippen LogP contribution in [0.5, 0.6) is 11.5 Å². The van der Waals surface area contributed by atoms with Crippen LogP contribution in [0.4, 0.5) is 0 Å². The third kappa shape index (κ3) is 9.12. The summed E-state index contributed by atoms with van der Waals surface area (Å²) in [4.78, 5) is 0. The Morgan fingerprint density at radius 2 is 0.905 bits per heavy atom. The Morgan fingerprint density at radius 3 is 1.24 bits per heavy atom. The van der Waals surface area contributed by atoms with Gasteiger partial charge in [-0.05, 0) is 59.8 Å². The predicted octanol–water partition coefficient (Wildman–Crippen LogP) is 5.14. The van der Waals surface area contributed by atoms with Crippen LogP contribution in [0, 0.1) is 0 Å². The summed E-state index contributed by atoms with van der Waals surface area (Å²) in [5.41, 5.74) is 10.9. The van der Waals surface area contributed by atoms with E-state index in [1.54, 1.807) is 14.2 Å². The number of nitrogens with one attached hydrogen (secondary N) is 4. The molecule has 0 saturated carbocycles. The summed E-state index contributed by atoms with van der Waals surface area (Å²) in [6.45, 7) is 1.06. The molecule has 8 nitrogen and oxygen atoms in total. The van der Waals surface area contributed by atoms with Crippen molar-refractivity contribution in [1.29, 1.82) is 0 Å². The molecular weight excluding hydrogens is 565 g/mol. The molecule has 0 radical (unpaired) electrons. The first-order chi connectivity index (χ1) is 20.6. The maximum absolute atomic E-state index is 5.53.